The van der Waals surface area contributed by atoms with Crippen molar-refractivity contribution >= 4 is 27.8 Å². The molecule has 0 spiro atoms. The lowest BCUT2D eigenvalue weighted by Gasteiger charge is -2.15. The van der Waals surface area contributed by atoms with Crippen LogP contribution in [0.5, 0.6) is 11.5 Å². The second-order valence-corrected chi connectivity index (χ2v) is 10.2. The van der Waals surface area contributed by atoms with Crippen molar-refractivity contribution in [3.8, 4) is 33.8 Å². The van der Waals surface area contributed by atoms with E-state index in [-0.39, 0.29) is 0 Å². The maximum Gasteiger partial charge on any atom is 0.126 e. The smallest absolute Gasteiger partial charge is 0.126 e. The Kier molecular flexibility index (Phi) is 7.36. The quantitative estimate of drug-likeness (QED) is 0.297. The molecule has 0 radical (unpaired) electrons. The fraction of sp³-hybridized carbons (Fsp3) is 0.111. The highest BCUT2D eigenvalue weighted by atomic mass is 31.1. The van der Waals surface area contributed by atoms with E-state index in [1.807, 2.05) is 24.3 Å². The Morgan fingerprint density at radius 1 is 0.484 bits per heavy atom. The van der Waals surface area contributed by atoms with Crippen molar-refractivity contribution in [2.45, 2.75) is 0 Å². The van der Waals surface area contributed by atoms with Crippen LogP contribution >= 0.6 is 17.2 Å². The average molecular weight is 444 g/mol. The van der Waals surface area contributed by atoms with Gasteiger partial charge in [-0.25, -0.2) is 0 Å². The number of para-hydroxylation sites is 2. The molecule has 0 heterocycles. The number of rotatable bonds is 8. The zero-order valence-electron chi connectivity index (χ0n) is 17.8. The third-order valence-electron chi connectivity index (χ3n) is 5.21. The summed E-state index contributed by atoms with van der Waals surface area (Å²) in [5.41, 5.74) is 4.85. The zero-order valence-corrected chi connectivity index (χ0v) is 19.8. The van der Waals surface area contributed by atoms with Gasteiger partial charge in [0.25, 0.3) is 0 Å². The van der Waals surface area contributed by atoms with Crippen LogP contribution in [0.4, 0.5) is 0 Å². The summed E-state index contributed by atoms with van der Waals surface area (Å²) in [6.45, 7) is 0. The molecule has 0 aliphatic heterocycles. The fourth-order valence-electron chi connectivity index (χ4n) is 3.71. The molecule has 2 atom stereocenters. The monoisotopic (exact) mass is 444 g/mol. The molecule has 4 heteroatoms. The van der Waals surface area contributed by atoms with Gasteiger partial charge in [-0.1, -0.05) is 102 Å². The van der Waals surface area contributed by atoms with Crippen LogP contribution in [0.2, 0.25) is 0 Å². The van der Waals surface area contributed by atoms with Gasteiger partial charge in [-0.15, -0.1) is 0 Å². The lowest BCUT2D eigenvalue weighted by molar-refractivity contribution is 0.416. The molecular formula is C27H26O2P2. The summed E-state index contributed by atoms with van der Waals surface area (Å²) >= 11 is 0. The van der Waals surface area contributed by atoms with Crippen molar-refractivity contribution in [3.05, 3.63) is 97.1 Å². The van der Waals surface area contributed by atoms with Crippen molar-refractivity contribution in [2.24, 2.45) is 0 Å². The average Bonchev–Trinajstić information content (AvgIpc) is 2.84. The van der Waals surface area contributed by atoms with E-state index in [2.05, 4.69) is 72.8 Å². The molecule has 0 amide bonds. The largest absolute Gasteiger partial charge is 0.496 e. The van der Waals surface area contributed by atoms with E-state index in [0.29, 0.717) is 0 Å². The molecule has 0 saturated carbocycles. The molecule has 2 nitrogen and oxygen atoms in total. The normalized spacial score (nSPS) is 11.4. The van der Waals surface area contributed by atoms with Gasteiger partial charge in [0.15, 0.2) is 0 Å². The molecule has 31 heavy (non-hydrogen) atoms. The first-order valence-corrected chi connectivity index (χ1v) is 12.7. The van der Waals surface area contributed by atoms with Crippen LogP contribution < -0.4 is 20.1 Å². The van der Waals surface area contributed by atoms with Crippen LogP contribution in [0.1, 0.15) is 0 Å². The molecule has 0 N–H and O–H groups in total. The van der Waals surface area contributed by atoms with Crippen molar-refractivity contribution in [1.29, 1.82) is 0 Å². The second-order valence-electron chi connectivity index (χ2n) is 7.02. The molecule has 0 saturated heterocycles. The third kappa shape index (κ3) is 4.99. The molecule has 0 aliphatic carbocycles. The van der Waals surface area contributed by atoms with Gasteiger partial charge in [0.05, 0.1) is 14.2 Å². The Morgan fingerprint density at radius 3 is 1.26 bits per heavy atom. The Labute approximate surface area is 188 Å². The minimum absolute atomic E-state index is 0.729. The summed E-state index contributed by atoms with van der Waals surface area (Å²) < 4.78 is 11.2. The minimum Gasteiger partial charge on any atom is -0.496 e. The summed E-state index contributed by atoms with van der Waals surface area (Å²) in [4.78, 5) is 0. The molecule has 4 aromatic rings. The maximum atomic E-state index is 5.61. The zero-order chi connectivity index (χ0) is 21.5. The fourth-order valence-corrected chi connectivity index (χ4v) is 6.84. The van der Waals surface area contributed by atoms with E-state index in [1.165, 1.54) is 21.7 Å². The molecular weight excluding hydrogens is 418 g/mol. The molecule has 0 fully saturated rings. The molecule has 0 aliphatic rings. The van der Waals surface area contributed by atoms with Gasteiger partial charge in [0.2, 0.25) is 0 Å². The lowest BCUT2D eigenvalue weighted by atomic mass is 10.0. The summed E-state index contributed by atoms with van der Waals surface area (Å²) in [7, 11) is 4.93. The SMILES string of the molecule is COc1ccccc1-c1ccccc1PCPc1ccccc1-c1ccccc1OC. The number of ether oxygens (including phenoxy) is 2. The van der Waals surface area contributed by atoms with Gasteiger partial charge in [0, 0.05) is 11.1 Å². The van der Waals surface area contributed by atoms with E-state index in [9.17, 15) is 0 Å². The van der Waals surface area contributed by atoms with Crippen molar-refractivity contribution in [2.75, 3.05) is 20.1 Å². The summed E-state index contributed by atoms with van der Waals surface area (Å²) in [6, 6.07) is 33.9. The summed E-state index contributed by atoms with van der Waals surface area (Å²) in [5, 5.41) is 2.77. The lowest BCUT2D eigenvalue weighted by Crippen LogP contribution is -2.04. The summed E-state index contributed by atoms with van der Waals surface area (Å²) in [6.07, 6.45) is 0. The number of hydrogen-bond donors (Lipinski definition) is 0. The number of benzene rings is 4. The highest BCUT2D eigenvalue weighted by molar-refractivity contribution is 7.64. The molecule has 4 rings (SSSR count). The molecule has 156 valence electrons. The summed E-state index contributed by atoms with van der Waals surface area (Å²) in [5.74, 6) is 2.96. The Balaban J connectivity index is 1.56. The highest BCUT2D eigenvalue weighted by Crippen LogP contribution is 2.35. The van der Waals surface area contributed by atoms with E-state index >= 15 is 0 Å². The van der Waals surface area contributed by atoms with E-state index in [1.54, 1.807) is 14.2 Å². The molecule has 0 aromatic heterocycles. The Bertz CT molecular complexity index is 1070. The van der Waals surface area contributed by atoms with Gasteiger partial charge in [-0.3, -0.25) is 0 Å². The van der Waals surface area contributed by atoms with Crippen molar-refractivity contribution < 1.29 is 9.47 Å². The molecule has 4 aromatic carbocycles. The Hall–Kier alpha value is -2.66. The van der Waals surface area contributed by atoms with Crippen LogP contribution in [0.15, 0.2) is 97.1 Å². The van der Waals surface area contributed by atoms with Gasteiger partial charge in [-0.2, -0.15) is 0 Å². The van der Waals surface area contributed by atoms with Crippen LogP contribution in [0.3, 0.4) is 0 Å². The van der Waals surface area contributed by atoms with Gasteiger partial charge in [-0.05, 0) is 39.8 Å². The van der Waals surface area contributed by atoms with Gasteiger partial charge < -0.3 is 9.47 Å². The topological polar surface area (TPSA) is 18.5 Å². The van der Waals surface area contributed by atoms with Crippen LogP contribution in [0.25, 0.3) is 22.3 Å². The van der Waals surface area contributed by atoms with Crippen LogP contribution in [-0.2, 0) is 0 Å². The third-order valence-corrected chi connectivity index (χ3v) is 8.25. The predicted molar refractivity (Wildman–Crippen MR) is 138 cm³/mol. The highest BCUT2D eigenvalue weighted by Gasteiger charge is 2.12. The number of hydrogen-bond acceptors (Lipinski definition) is 2. The van der Waals surface area contributed by atoms with E-state index < -0.39 is 0 Å². The van der Waals surface area contributed by atoms with Crippen LogP contribution in [0, 0.1) is 0 Å². The molecule has 0 bridgehead atoms. The maximum absolute atomic E-state index is 5.61. The Morgan fingerprint density at radius 2 is 0.839 bits per heavy atom. The van der Waals surface area contributed by atoms with Gasteiger partial charge in [0.1, 0.15) is 11.5 Å². The van der Waals surface area contributed by atoms with Gasteiger partial charge >= 0.3 is 0 Å². The first-order chi connectivity index (χ1) is 15.3. The first-order valence-electron chi connectivity index (χ1n) is 10.2. The molecule has 2 unspecified atom stereocenters. The predicted octanol–water partition coefficient (Wildman–Crippen LogP) is 6.30. The second kappa shape index (κ2) is 10.6. The van der Waals surface area contributed by atoms with Crippen LogP contribution in [-0.4, -0.2) is 20.1 Å². The first kappa shape index (κ1) is 21.6. The van der Waals surface area contributed by atoms with E-state index in [0.717, 1.165) is 45.7 Å². The number of methoxy groups -OCH3 is 2. The minimum atomic E-state index is 0.729. The van der Waals surface area contributed by atoms with Crippen molar-refractivity contribution in [1.82, 2.24) is 0 Å². The standard InChI is InChI=1S/C27H26O2P2/c1-28-24-15-7-3-11-20(24)22-13-5-9-17-26(22)30-19-31-27-18-10-6-14-23(27)21-12-4-8-16-25(21)29-2/h3-18,30-31H,19H2,1-2H3. The van der Waals surface area contributed by atoms with Crippen molar-refractivity contribution in [3.63, 3.8) is 0 Å². The van der Waals surface area contributed by atoms with E-state index in [4.69, 9.17) is 9.47 Å².